The van der Waals surface area contributed by atoms with Crippen LogP contribution in [0.4, 0.5) is 0 Å². The SMILES string of the molecule is [Na+].[Na+].[O-]P([O-])OP([O-])[O-]. The van der Waals surface area contributed by atoms with Crippen molar-refractivity contribution >= 4 is 17.2 Å². The van der Waals surface area contributed by atoms with Gasteiger partial charge in [0.2, 0.25) is 0 Å². The van der Waals surface area contributed by atoms with Crippen molar-refractivity contribution in [2.75, 3.05) is 0 Å². The molecule has 0 aromatic carbocycles. The Balaban J connectivity index is -0.000000180. The van der Waals surface area contributed by atoms with Gasteiger partial charge in [0, 0.05) is 0 Å². The fourth-order valence-corrected chi connectivity index (χ4v) is 0.490. The fourth-order valence-electron chi connectivity index (χ4n) is 0.0544. The minimum absolute atomic E-state index is 0. The molecule has 0 aliphatic heterocycles. The molecule has 0 aliphatic rings. The van der Waals surface area contributed by atoms with E-state index in [1.54, 1.807) is 0 Å². The maximum absolute atomic E-state index is 9.24. The Bertz CT molecular complexity index is 42.2. The minimum Gasteiger partial charge on any atom is -0.820 e. The largest absolute Gasteiger partial charge is 1.00 e. The van der Waals surface area contributed by atoms with Gasteiger partial charge in [-0.2, -0.15) is 17.2 Å². The van der Waals surface area contributed by atoms with Crippen LogP contribution in [-0.4, -0.2) is 0 Å². The smallest absolute Gasteiger partial charge is 0.820 e. The molecule has 9 heavy (non-hydrogen) atoms. The summed E-state index contributed by atoms with van der Waals surface area (Å²) in [7, 11) is -6.47. The van der Waals surface area contributed by atoms with E-state index in [0.29, 0.717) is 0 Å². The van der Waals surface area contributed by atoms with Gasteiger partial charge < -0.3 is 23.9 Å². The van der Waals surface area contributed by atoms with Crippen molar-refractivity contribution in [3.05, 3.63) is 0 Å². The quantitative estimate of drug-likeness (QED) is 0.316. The first kappa shape index (κ1) is 17.7. The van der Waals surface area contributed by atoms with E-state index in [1.165, 1.54) is 0 Å². The summed E-state index contributed by atoms with van der Waals surface area (Å²) in [4.78, 5) is 37.0. The number of hydrogen-bond donors (Lipinski definition) is 0. The third-order valence-electron chi connectivity index (χ3n) is 0.133. The summed E-state index contributed by atoms with van der Waals surface area (Å²) in [5.74, 6) is 0. The molecule has 9 heteroatoms. The molecule has 0 atom stereocenters. The van der Waals surface area contributed by atoms with Gasteiger partial charge in [0.05, 0.1) is 0 Å². The van der Waals surface area contributed by atoms with Gasteiger partial charge in [-0.15, -0.1) is 0 Å². The third-order valence-corrected chi connectivity index (χ3v) is 1.20. The number of hydrogen-bond acceptors (Lipinski definition) is 5. The molecule has 0 rings (SSSR count). The predicted molar refractivity (Wildman–Crippen MR) is 14.9 cm³/mol. The molecule has 0 radical (unpaired) electrons. The predicted octanol–water partition coefficient (Wildman–Crippen LogP) is -9.09. The first-order chi connectivity index (χ1) is 3.13. The van der Waals surface area contributed by atoms with Crippen LogP contribution in [0.5, 0.6) is 0 Å². The van der Waals surface area contributed by atoms with E-state index >= 15 is 0 Å². The zero-order valence-electron chi connectivity index (χ0n) is 4.94. The van der Waals surface area contributed by atoms with Crippen LogP contribution < -0.4 is 78.7 Å². The summed E-state index contributed by atoms with van der Waals surface area (Å²) in [5.41, 5.74) is 0. The second-order valence-electron chi connectivity index (χ2n) is 0.529. The average molecular weight is 188 g/mol. The number of rotatable bonds is 2. The Labute approximate surface area is 99.0 Å². The Morgan fingerprint density at radius 2 is 1.00 bits per heavy atom. The summed E-state index contributed by atoms with van der Waals surface area (Å²) in [5, 5.41) is 0. The molecule has 0 saturated heterocycles. The summed E-state index contributed by atoms with van der Waals surface area (Å²) >= 11 is 0. The monoisotopic (exact) mass is 188 g/mol. The maximum atomic E-state index is 9.24. The zero-order valence-corrected chi connectivity index (χ0v) is 10.7. The molecule has 0 saturated carbocycles. The average Bonchev–Trinajstić information content (AvgIpc) is 1.27. The Hall–Kier alpha value is 2.66. The molecule has 0 amide bonds. The standard InChI is InChI=1S/2Na.O5P2/c;;1-6(2)5-7(3)4/q2*+1;-4. The van der Waals surface area contributed by atoms with Gasteiger partial charge in [-0.3, -0.25) is 0 Å². The van der Waals surface area contributed by atoms with Crippen molar-refractivity contribution < 1.29 is 83.0 Å². The molecule has 0 heterocycles. The Morgan fingerprint density at radius 1 is 0.778 bits per heavy atom. The second kappa shape index (κ2) is 10.7. The summed E-state index contributed by atoms with van der Waals surface area (Å²) in [6, 6.07) is 0. The van der Waals surface area contributed by atoms with Crippen molar-refractivity contribution in [3.8, 4) is 0 Å². The molecular formula is Na2O5P2-2. The topological polar surface area (TPSA) is 101 Å². The third kappa shape index (κ3) is 18.0. The van der Waals surface area contributed by atoms with Crippen molar-refractivity contribution in [2.24, 2.45) is 0 Å². The molecule has 0 aromatic heterocycles. The van der Waals surface area contributed by atoms with Crippen LogP contribution in [0.2, 0.25) is 0 Å². The summed E-state index contributed by atoms with van der Waals surface area (Å²) in [6.07, 6.45) is 0. The van der Waals surface area contributed by atoms with E-state index < -0.39 is 17.2 Å². The van der Waals surface area contributed by atoms with Gasteiger partial charge in [-0.05, 0) is 0 Å². The van der Waals surface area contributed by atoms with Crippen LogP contribution in [-0.2, 0) is 4.31 Å². The van der Waals surface area contributed by atoms with Crippen LogP contribution in [0.3, 0.4) is 0 Å². The van der Waals surface area contributed by atoms with Gasteiger partial charge in [0.25, 0.3) is 0 Å². The van der Waals surface area contributed by atoms with E-state index in [9.17, 15) is 19.6 Å². The van der Waals surface area contributed by atoms with E-state index in [1.807, 2.05) is 0 Å². The van der Waals surface area contributed by atoms with Crippen LogP contribution >= 0.6 is 17.2 Å². The van der Waals surface area contributed by atoms with E-state index in [2.05, 4.69) is 4.31 Å². The molecule has 0 N–H and O–H groups in total. The van der Waals surface area contributed by atoms with Crippen LogP contribution in [0, 0.1) is 0 Å². The van der Waals surface area contributed by atoms with Gasteiger partial charge in [-0.25, -0.2) is 0 Å². The second-order valence-corrected chi connectivity index (χ2v) is 2.08. The van der Waals surface area contributed by atoms with Gasteiger partial charge in [0.1, 0.15) is 0 Å². The molecule has 0 fully saturated rings. The van der Waals surface area contributed by atoms with E-state index in [4.69, 9.17) is 0 Å². The molecule has 0 unspecified atom stereocenters. The zero-order chi connectivity index (χ0) is 5.86. The van der Waals surface area contributed by atoms with Gasteiger partial charge in [-0.1, -0.05) is 0 Å². The van der Waals surface area contributed by atoms with E-state index in [0.717, 1.165) is 0 Å². The van der Waals surface area contributed by atoms with Gasteiger partial charge in [0.15, 0.2) is 0 Å². The van der Waals surface area contributed by atoms with E-state index in [-0.39, 0.29) is 59.1 Å². The van der Waals surface area contributed by atoms with Gasteiger partial charge >= 0.3 is 59.1 Å². The Kier molecular flexibility index (Phi) is 20.9. The molecule has 0 bridgehead atoms. The van der Waals surface area contributed by atoms with Crippen LogP contribution in [0.15, 0.2) is 0 Å². The van der Waals surface area contributed by atoms with Crippen LogP contribution in [0.25, 0.3) is 0 Å². The molecule has 0 spiro atoms. The molecule has 0 aliphatic carbocycles. The first-order valence-electron chi connectivity index (χ1n) is 1.10. The normalized spacial score (nSPS) is 8.67. The van der Waals surface area contributed by atoms with Crippen molar-refractivity contribution in [2.45, 2.75) is 0 Å². The minimum atomic E-state index is -3.24. The fraction of sp³-hybridized carbons (Fsp3) is 0. The summed E-state index contributed by atoms with van der Waals surface area (Å²) < 4.78 is 3.16. The van der Waals surface area contributed by atoms with Crippen molar-refractivity contribution in [1.29, 1.82) is 0 Å². The van der Waals surface area contributed by atoms with Crippen LogP contribution in [0.1, 0.15) is 0 Å². The molecule has 5 nitrogen and oxygen atoms in total. The molecule has 44 valence electrons. The first-order valence-corrected chi connectivity index (χ1v) is 3.29. The molecular weight excluding hydrogens is 188 g/mol. The van der Waals surface area contributed by atoms with Crippen molar-refractivity contribution in [1.82, 2.24) is 0 Å². The molecule has 0 aromatic rings. The maximum Gasteiger partial charge on any atom is 1.00 e. The Morgan fingerprint density at radius 3 is 1.00 bits per heavy atom. The summed E-state index contributed by atoms with van der Waals surface area (Å²) in [6.45, 7) is 0. The van der Waals surface area contributed by atoms with Crippen molar-refractivity contribution in [3.63, 3.8) is 0 Å².